The summed E-state index contributed by atoms with van der Waals surface area (Å²) >= 11 is 5.78. The molecule has 1 aliphatic carbocycles. The SMILES string of the molecule is Cc1nc(C(=O)NCc2cc(NS(=O)(=O)C3CC3)ccn2)cnc1Cl. The van der Waals surface area contributed by atoms with Crippen LogP contribution in [-0.2, 0) is 16.6 Å². The first kappa shape index (κ1) is 17.6. The molecular formula is C15H16ClN5O3S. The highest BCUT2D eigenvalue weighted by Gasteiger charge is 2.35. The number of halogens is 1. The van der Waals surface area contributed by atoms with E-state index in [4.69, 9.17) is 11.6 Å². The van der Waals surface area contributed by atoms with Crippen LogP contribution in [0.25, 0.3) is 0 Å². The van der Waals surface area contributed by atoms with Crippen molar-refractivity contribution in [2.75, 3.05) is 4.72 Å². The Balaban J connectivity index is 1.64. The van der Waals surface area contributed by atoms with Crippen LogP contribution in [0.15, 0.2) is 24.5 Å². The summed E-state index contributed by atoms with van der Waals surface area (Å²) in [6.45, 7) is 1.78. The van der Waals surface area contributed by atoms with Crippen molar-refractivity contribution in [2.45, 2.75) is 31.6 Å². The van der Waals surface area contributed by atoms with E-state index in [1.165, 1.54) is 12.4 Å². The number of hydrogen-bond donors (Lipinski definition) is 2. The summed E-state index contributed by atoms with van der Waals surface area (Å²) in [5.74, 6) is -0.418. The Bertz CT molecular complexity index is 915. The van der Waals surface area contributed by atoms with Crippen LogP contribution in [0.3, 0.4) is 0 Å². The first-order valence-corrected chi connectivity index (χ1v) is 9.51. The summed E-state index contributed by atoms with van der Waals surface area (Å²) in [6.07, 6.45) is 4.15. The fraction of sp³-hybridized carbons (Fsp3) is 0.333. The Morgan fingerprint density at radius 1 is 1.36 bits per heavy atom. The summed E-state index contributed by atoms with van der Waals surface area (Å²) in [5.41, 5.74) is 1.55. The van der Waals surface area contributed by atoms with E-state index in [0.29, 0.717) is 29.9 Å². The summed E-state index contributed by atoms with van der Waals surface area (Å²) in [6, 6.07) is 3.15. The van der Waals surface area contributed by atoms with Gasteiger partial charge in [0.05, 0.1) is 35.1 Å². The molecule has 132 valence electrons. The Labute approximate surface area is 150 Å². The normalized spacial score (nSPS) is 14.2. The van der Waals surface area contributed by atoms with Gasteiger partial charge in [-0.05, 0) is 31.9 Å². The fourth-order valence-corrected chi connectivity index (χ4v) is 3.57. The van der Waals surface area contributed by atoms with E-state index in [1.54, 1.807) is 19.1 Å². The Hall–Kier alpha value is -2.26. The lowest BCUT2D eigenvalue weighted by Crippen LogP contribution is -2.25. The molecule has 0 aromatic carbocycles. The number of carbonyl (C=O) groups is 1. The second kappa shape index (κ2) is 6.93. The number of rotatable bonds is 6. The maximum Gasteiger partial charge on any atom is 0.271 e. The average molecular weight is 382 g/mol. The lowest BCUT2D eigenvalue weighted by Gasteiger charge is -2.09. The van der Waals surface area contributed by atoms with Gasteiger partial charge in [-0.25, -0.2) is 18.4 Å². The molecule has 2 aromatic heterocycles. The number of aromatic nitrogens is 3. The zero-order chi connectivity index (χ0) is 18.0. The molecule has 1 fully saturated rings. The van der Waals surface area contributed by atoms with Crippen molar-refractivity contribution in [3.05, 3.63) is 46.8 Å². The fourth-order valence-electron chi connectivity index (χ4n) is 2.10. The van der Waals surface area contributed by atoms with E-state index in [0.717, 1.165) is 0 Å². The number of hydrogen-bond acceptors (Lipinski definition) is 6. The maximum atomic E-state index is 12.1. The molecule has 2 aromatic rings. The van der Waals surface area contributed by atoms with Gasteiger partial charge >= 0.3 is 0 Å². The van der Waals surface area contributed by atoms with Gasteiger partial charge in [-0.15, -0.1) is 0 Å². The predicted octanol–water partition coefficient (Wildman–Crippen LogP) is 1.67. The third-order valence-corrected chi connectivity index (χ3v) is 5.83. The van der Waals surface area contributed by atoms with E-state index >= 15 is 0 Å². The molecule has 0 spiro atoms. The topological polar surface area (TPSA) is 114 Å². The molecule has 2 heterocycles. The van der Waals surface area contributed by atoms with E-state index in [2.05, 4.69) is 25.0 Å². The van der Waals surface area contributed by atoms with Crippen molar-refractivity contribution >= 4 is 33.2 Å². The molecule has 0 bridgehead atoms. The molecule has 25 heavy (non-hydrogen) atoms. The Morgan fingerprint density at radius 3 is 2.80 bits per heavy atom. The number of anilines is 1. The second-order valence-corrected chi connectivity index (χ2v) is 8.02. The number of nitrogens with one attached hydrogen (secondary N) is 2. The summed E-state index contributed by atoms with van der Waals surface area (Å²) in [4.78, 5) is 24.2. The van der Waals surface area contributed by atoms with Crippen molar-refractivity contribution < 1.29 is 13.2 Å². The summed E-state index contributed by atoms with van der Waals surface area (Å²) < 4.78 is 26.4. The van der Waals surface area contributed by atoms with Gasteiger partial charge < -0.3 is 5.32 Å². The molecule has 2 N–H and O–H groups in total. The standard InChI is InChI=1S/C15H16ClN5O3S/c1-9-14(16)18-8-13(20-9)15(22)19-7-11-6-10(4-5-17-11)21-25(23,24)12-2-3-12/h4-6,8,12H,2-3,7H2,1H3,(H,17,21)(H,19,22). The largest absolute Gasteiger partial charge is 0.345 e. The van der Waals surface area contributed by atoms with E-state index in [-0.39, 0.29) is 22.6 Å². The van der Waals surface area contributed by atoms with Crippen LogP contribution in [0.2, 0.25) is 5.15 Å². The summed E-state index contributed by atoms with van der Waals surface area (Å²) in [5, 5.41) is 2.60. The van der Waals surface area contributed by atoms with Crippen LogP contribution in [0.4, 0.5) is 5.69 Å². The minimum Gasteiger partial charge on any atom is -0.345 e. The number of nitrogens with zero attached hydrogens (tertiary/aromatic N) is 3. The Kier molecular flexibility index (Phi) is 4.87. The number of carbonyl (C=O) groups excluding carboxylic acids is 1. The smallest absolute Gasteiger partial charge is 0.271 e. The van der Waals surface area contributed by atoms with Crippen molar-refractivity contribution in [3.8, 4) is 0 Å². The molecule has 8 nitrogen and oxygen atoms in total. The third kappa shape index (κ3) is 4.43. The second-order valence-electron chi connectivity index (χ2n) is 5.70. The lowest BCUT2D eigenvalue weighted by atomic mass is 10.3. The highest BCUT2D eigenvalue weighted by atomic mass is 35.5. The van der Waals surface area contributed by atoms with Gasteiger partial charge in [-0.2, -0.15) is 0 Å². The summed E-state index contributed by atoms with van der Waals surface area (Å²) in [7, 11) is -3.34. The van der Waals surface area contributed by atoms with Gasteiger partial charge in [0, 0.05) is 6.20 Å². The van der Waals surface area contributed by atoms with Crippen LogP contribution < -0.4 is 10.0 Å². The van der Waals surface area contributed by atoms with Crippen LogP contribution >= 0.6 is 11.6 Å². The van der Waals surface area contributed by atoms with E-state index in [9.17, 15) is 13.2 Å². The maximum absolute atomic E-state index is 12.1. The van der Waals surface area contributed by atoms with Crippen LogP contribution in [0, 0.1) is 6.92 Å². The van der Waals surface area contributed by atoms with Crippen molar-refractivity contribution in [1.29, 1.82) is 0 Å². The molecule has 0 aliphatic heterocycles. The van der Waals surface area contributed by atoms with Crippen molar-refractivity contribution in [3.63, 3.8) is 0 Å². The van der Waals surface area contributed by atoms with Crippen LogP contribution in [-0.4, -0.2) is 34.5 Å². The quantitative estimate of drug-likeness (QED) is 0.786. The lowest BCUT2D eigenvalue weighted by molar-refractivity contribution is 0.0945. The Morgan fingerprint density at radius 2 is 2.12 bits per heavy atom. The minimum atomic E-state index is -3.34. The number of pyridine rings is 1. The molecular weight excluding hydrogens is 366 g/mol. The zero-order valence-electron chi connectivity index (χ0n) is 13.4. The van der Waals surface area contributed by atoms with Crippen LogP contribution in [0.1, 0.15) is 34.7 Å². The van der Waals surface area contributed by atoms with E-state index < -0.39 is 15.9 Å². The highest BCUT2D eigenvalue weighted by Crippen LogP contribution is 2.29. The first-order chi connectivity index (χ1) is 11.8. The molecule has 3 rings (SSSR count). The molecule has 0 unspecified atom stereocenters. The van der Waals surface area contributed by atoms with Gasteiger partial charge in [-0.1, -0.05) is 11.6 Å². The number of aryl methyl sites for hydroxylation is 1. The zero-order valence-corrected chi connectivity index (χ0v) is 14.9. The van der Waals surface area contributed by atoms with Gasteiger partial charge in [0.25, 0.3) is 5.91 Å². The number of sulfonamides is 1. The first-order valence-electron chi connectivity index (χ1n) is 7.59. The van der Waals surface area contributed by atoms with Gasteiger partial charge in [0.2, 0.25) is 10.0 Å². The van der Waals surface area contributed by atoms with E-state index in [1.807, 2.05) is 0 Å². The van der Waals surface area contributed by atoms with Gasteiger partial charge in [0.1, 0.15) is 10.8 Å². The molecule has 1 aliphatic rings. The third-order valence-electron chi connectivity index (χ3n) is 3.59. The van der Waals surface area contributed by atoms with Crippen LogP contribution in [0.5, 0.6) is 0 Å². The molecule has 1 saturated carbocycles. The van der Waals surface area contributed by atoms with Crippen molar-refractivity contribution in [1.82, 2.24) is 20.3 Å². The molecule has 10 heteroatoms. The number of amides is 1. The highest BCUT2D eigenvalue weighted by molar-refractivity contribution is 7.93. The molecule has 0 saturated heterocycles. The van der Waals surface area contributed by atoms with Gasteiger partial charge in [0.15, 0.2) is 0 Å². The molecule has 0 atom stereocenters. The van der Waals surface area contributed by atoms with Crippen molar-refractivity contribution in [2.24, 2.45) is 0 Å². The minimum absolute atomic E-state index is 0.126. The average Bonchev–Trinajstić information content (AvgIpc) is 3.40. The monoisotopic (exact) mass is 381 g/mol. The van der Waals surface area contributed by atoms with Gasteiger partial charge in [-0.3, -0.25) is 14.5 Å². The molecule has 1 amide bonds. The predicted molar refractivity (Wildman–Crippen MR) is 92.8 cm³/mol. The molecule has 0 radical (unpaired) electrons.